The predicted octanol–water partition coefficient (Wildman–Crippen LogP) is 3.96. The number of thioether (sulfide) groups is 1. The molecule has 7 nitrogen and oxygen atoms in total. The van der Waals surface area contributed by atoms with Gasteiger partial charge < -0.3 is 10.6 Å². The zero-order valence-electron chi connectivity index (χ0n) is 16.8. The van der Waals surface area contributed by atoms with Gasteiger partial charge in [0, 0.05) is 24.0 Å². The van der Waals surface area contributed by atoms with E-state index < -0.39 is 0 Å². The summed E-state index contributed by atoms with van der Waals surface area (Å²) in [7, 11) is 0. The number of carbonyl (C=O) groups excluding carboxylic acids is 2. The van der Waals surface area contributed by atoms with Gasteiger partial charge in [0.25, 0.3) is 0 Å². The van der Waals surface area contributed by atoms with E-state index in [0.29, 0.717) is 16.5 Å². The molecule has 2 N–H and O–H groups in total. The third-order valence-corrected chi connectivity index (χ3v) is 5.25. The minimum Gasteiger partial charge on any atom is -0.326 e. The molecule has 150 valence electrons. The van der Waals surface area contributed by atoms with Crippen LogP contribution >= 0.6 is 11.8 Å². The van der Waals surface area contributed by atoms with E-state index in [1.54, 1.807) is 24.3 Å². The first-order valence-electron chi connectivity index (χ1n) is 9.17. The summed E-state index contributed by atoms with van der Waals surface area (Å²) in [5.74, 6) is 0.482. The fourth-order valence-electron chi connectivity index (χ4n) is 2.71. The molecule has 1 aromatic heterocycles. The summed E-state index contributed by atoms with van der Waals surface area (Å²) in [6.07, 6.45) is 0. The average Bonchev–Trinajstić information content (AvgIpc) is 3.03. The summed E-state index contributed by atoms with van der Waals surface area (Å²) in [5, 5.41) is 14.3. The molecule has 0 spiro atoms. The molecular formula is C21H23N5O2S. The normalized spacial score (nSPS) is 11.7. The SMILES string of the molecule is CC(=O)Nc1ccc(NC(=O)[C@H](C)Sc2nnc(C)n2-c2ccc(C)cc2)cc1. The van der Waals surface area contributed by atoms with E-state index in [4.69, 9.17) is 0 Å². The predicted molar refractivity (Wildman–Crippen MR) is 116 cm³/mol. The Morgan fingerprint density at radius 1 is 0.931 bits per heavy atom. The molecule has 0 saturated heterocycles. The Morgan fingerprint density at radius 3 is 2.10 bits per heavy atom. The van der Waals surface area contributed by atoms with Gasteiger partial charge in [0.05, 0.1) is 5.25 Å². The number of amides is 2. The highest BCUT2D eigenvalue weighted by atomic mass is 32.2. The number of rotatable bonds is 6. The standard InChI is InChI=1S/C21H23N5O2S/c1-13-5-11-19(12-6-13)26-15(3)24-25-21(26)29-14(2)20(28)23-18-9-7-17(8-10-18)22-16(4)27/h5-12,14H,1-4H3,(H,22,27)(H,23,28)/t14-/m0/s1. The van der Waals surface area contributed by atoms with Crippen molar-refractivity contribution in [2.24, 2.45) is 0 Å². The largest absolute Gasteiger partial charge is 0.326 e. The number of hydrogen-bond donors (Lipinski definition) is 2. The van der Waals surface area contributed by atoms with Crippen LogP contribution in [-0.2, 0) is 9.59 Å². The quantitative estimate of drug-likeness (QED) is 0.602. The first-order chi connectivity index (χ1) is 13.8. The van der Waals surface area contributed by atoms with Crippen LogP contribution in [0.5, 0.6) is 0 Å². The van der Waals surface area contributed by atoms with E-state index in [1.165, 1.54) is 24.2 Å². The molecule has 1 heterocycles. The first kappa shape index (κ1) is 20.6. The summed E-state index contributed by atoms with van der Waals surface area (Å²) >= 11 is 1.35. The monoisotopic (exact) mass is 409 g/mol. The van der Waals surface area contributed by atoms with E-state index in [2.05, 4.69) is 20.8 Å². The number of aryl methyl sites for hydroxylation is 2. The van der Waals surface area contributed by atoms with Crippen molar-refractivity contribution >= 4 is 35.0 Å². The molecule has 3 aromatic rings. The van der Waals surface area contributed by atoms with Gasteiger partial charge in [0.15, 0.2) is 5.16 Å². The lowest BCUT2D eigenvalue weighted by atomic mass is 10.2. The molecule has 2 amide bonds. The van der Waals surface area contributed by atoms with Crippen LogP contribution in [0, 0.1) is 13.8 Å². The number of nitrogens with zero attached hydrogens (tertiary/aromatic N) is 3. The number of benzene rings is 2. The van der Waals surface area contributed by atoms with Crippen LogP contribution in [0.1, 0.15) is 25.2 Å². The Labute approximate surface area is 173 Å². The number of nitrogens with one attached hydrogen (secondary N) is 2. The van der Waals surface area contributed by atoms with Gasteiger partial charge in [-0.05, 0) is 57.2 Å². The Hall–Kier alpha value is -3.13. The van der Waals surface area contributed by atoms with Crippen molar-refractivity contribution in [2.45, 2.75) is 38.1 Å². The van der Waals surface area contributed by atoms with Crippen molar-refractivity contribution in [1.29, 1.82) is 0 Å². The average molecular weight is 410 g/mol. The zero-order chi connectivity index (χ0) is 21.0. The van der Waals surface area contributed by atoms with Crippen LogP contribution in [0.25, 0.3) is 5.69 Å². The maximum Gasteiger partial charge on any atom is 0.237 e. The summed E-state index contributed by atoms with van der Waals surface area (Å²) < 4.78 is 1.94. The second-order valence-electron chi connectivity index (χ2n) is 6.71. The van der Waals surface area contributed by atoms with Crippen LogP contribution in [0.2, 0.25) is 0 Å². The molecule has 0 bridgehead atoms. The molecule has 0 aliphatic heterocycles. The van der Waals surface area contributed by atoms with E-state index in [9.17, 15) is 9.59 Å². The molecule has 2 aromatic carbocycles. The fourth-order valence-corrected chi connectivity index (χ4v) is 3.62. The molecule has 0 fully saturated rings. The third-order valence-electron chi connectivity index (χ3n) is 4.21. The summed E-state index contributed by atoms with van der Waals surface area (Å²) in [4.78, 5) is 23.7. The molecule has 0 unspecified atom stereocenters. The maximum atomic E-state index is 12.6. The van der Waals surface area contributed by atoms with Gasteiger partial charge in [-0.2, -0.15) is 0 Å². The van der Waals surface area contributed by atoms with Gasteiger partial charge in [-0.15, -0.1) is 10.2 Å². The maximum absolute atomic E-state index is 12.6. The Balaban J connectivity index is 1.69. The number of hydrogen-bond acceptors (Lipinski definition) is 5. The van der Waals surface area contributed by atoms with E-state index in [0.717, 1.165) is 11.5 Å². The molecular weight excluding hydrogens is 386 g/mol. The van der Waals surface area contributed by atoms with Gasteiger partial charge in [-0.1, -0.05) is 29.5 Å². The van der Waals surface area contributed by atoms with Gasteiger partial charge >= 0.3 is 0 Å². The molecule has 0 aliphatic carbocycles. The van der Waals surface area contributed by atoms with E-state index in [-0.39, 0.29) is 17.1 Å². The van der Waals surface area contributed by atoms with Crippen molar-refractivity contribution in [3.05, 3.63) is 59.9 Å². The third kappa shape index (κ3) is 5.23. The van der Waals surface area contributed by atoms with Crippen molar-refractivity contribution < 1.29 is 9.59 Å². The van der Waals surface area contributed by atoms with Crippen molar-refractivity contribution in [3.63, 3.8) is 0 Å². The van der Waals surface area contributed by atoms with Crippen LogP contribution in [0.15, 0.2) is 53.7 Å². The van der Waals surface area contributed by atoms with E-state index >= 15 is 0 Å². The highest BCUT2D eigenvalue weighted by Gasteiger charge is 2.20. The van der Waals surface area contributed by atoms with Crippen LogP contribution in [-0.4, -0.2) is 31.8 Å². The fraction of sp³-hybridized carbons (Fsp3) is 0.238. The molecule has 3 rings (SSSR count). The molecule has 0 radical (unpaired) electrons. The molecule has 1 atom stereocenters. The lowest BCUT2D eigenvalue weighted by Gasteiger charge is -2.13. The topological polar surface area (TPSA) is 88.9 Å². The van der Waals surface area contributed by atoms with Gasteiger partial charge in [-0.3, -0.25) is 14.2 Å². The highest BCUT2D eigenvalue weighted by Crippen LogP contribution is 2.26. The Bertz CT molecular complexity index is 1010. The molecule has 0 saturated carbocycles. The van der Waals surface area contributed by atoms with Crippen LogP contribution < -0.4 is 10.6 Å². The van der Waals surface area contributed by atoms with Crippen molar-refractivity contribution in [1.82, 2.24) is 14.8 Å². The summed E-state index contributed by atoms with van der Waals surface area (Å²) in [6.45, 7) is 7.20. The zero-order valence-corrected chi connectivity index (χ0v) is 17.6. The minimum absolute atomic E-state index is 0.139. The van der Waals surface area contributed by atoms with Crippen LogP contribution in [0.3, 0.4) is 0 Å². The first-order valence-corrected chi connectivity index (χ1v) is 10.1. The molecule has 0 aliphatic rings. The lowest BCUT2D eigenvalue weighted by molar-refractivity contribution is -0.115. The molecule has 29 heavy (non-hydrogen) atoms. The Kier molecular flexibility index (Phi) is 6.33. The van der Waals surface area contributed by atoms with Gasteiger partial charge in [0.1, 0.15) is 5.82 Å². The lowest BCUT2D eigenvalue weighted by Crippen LogP contribution is -2.23. The van der Waals surface area contributed by atoms with Crippen LogP contribution in [0.4, 0.5) is 11.4 Å². The minimum atomic E-state index is -0.377. The second-order valence-corrected chi connectivity index (χ2v) is 8.02. The van der Waals surface area contributed by atoms with Gasteiger partial charge in [0.2, 0.25) is 11.8 Å². The van der Waals surface area contributed by atoms with E-state index in [1.807, 2.05) is 49.6 Å². The second kappa shape index (κ2) is 8.91. The van der Waals surface area contributed by atoms with Gasteiger partial charge in [-0.25, -0.2) is 0 Å². The number of carbonyl (C=O) groups is 2. The Morgan fingerprint density at radius 2 is 1.52 bits per heavy atom. The highest BCUT2D eigenvalue weighted by molar-refractivity contribution is 8.00. The summed E-state index contributed by atoms with van der Waals surface area (Å²) in [6, 6.07) is 15.1. The number of aromatic nitrogens is 3. The van der Waals surface area contributed by atoms with Crippen molar-refractivity contribution in [2.75, 3.05) is 10.6 Å². The smallest absolute Gasteiger partial charge is 0.237 e. The molecule has 8 heteroatoms. The van der Waals surface area contributed by atoms with Crippen molar-refractivity contribution in [3.8, 4) is 5.69 Å². The number of anilines is 2. The summed E-state index contributed by atoms with van der Waals surface area (Å²) in [5.41, 5.74) is 3.47.